The minimum absolute atomic E-state index is 0.230. The summed E-state index contributed by atoms with van der Waals surface area (Å²) in [5, 5.41) is 121. The molecule has 3 aliphatic heterocycles. The standard InChI is InChI=1S/C83H147NO18/c1-3-5-7-9-11-13-15-17-19-21-23-25-27-29-31-32-33-34-35-37-39-41-43-45-47-49-51-53-55-57-59-61-71(89)84-66(67(88)60-58-56-54-52-50-48-46-44-42-40-38-36-30-28-26-24-22-20-18-16-14-12-10-8-6-4-2)65-97-81-77(95)74(92)79(69(63-86)99-81)102-83-78(96)75(93)80(70(64-87)100-83)101-82-76(94)73(91)72(90)68(62-85)98-82/h5,7,11,13,17,19,23,25,42,44,50,52,58,60,66-70,72-83,85-88,90-96H,3-4,6,8-10,12,14-16,18,20-22,24,26-41,43,45-49,51,53-57,59,61-65H2,1-2H3,(H,84,89)/b7-5-,13-11-,19-17-,25-23-,44-42+,52-50+,60-58+. The second-order valence-corrected chi connectivity index (χ2v) is 28.8. The molecule has 0 aromatic rings. The number of rotatable bonds is 64. The molecule has 0 bridgehead atoms. The highest BCUT2D eigenvalue weighted by molar-refractivity contribution is 5.76. The van der Waals surface area contributed by atoms with Crippen molar-refractivity contribution < 1.29 is 89.4 Å². The fourth-order valence-corrected chi connectivity index (χ4v) is 13.4. The van der Waals surface area contributed by atoms with E-state index in [9.17, 15) is 61.0 Å². The van der Waals surface area contributed by atoms with Crippen molar-refractivity contribution in [1.82, 2.24) is 5.32 Å². The van der Waals surface area contributed by atoms with Crippen molar-refractivity contribution in [2.75, 3.05) is 26.4 Å². The van der Waals surface area contributed by atoms with E-state index < -0.39 is 124 Å². The molecule has 3 heterocycles. The summed E-state index contributed by atoms with van der Waals surface area (Å²) in [6.45, 7) is 1.63. The fraction of sp³-hybridized carbons (Fsp3) is 0.819. The largest absolute Gasteiger partial charge is 0.394 e. The van der Waals surface area contributed by atoms with Gasteiger partial charge in [0, 0.05) is 6.42 Å². The molecular formula is C83H147NO18. The molecule has 19 heteroatoms. The Bertz CT molecular complexity index is 2170. The molecule has 12 N–H and O–H groups in total. The number of hydrogen-bond donors (Lipinski definition) is 12. The molecule has 102 heavy (non-hydrogen) atoms. The highest BCUT2D eigenvalue weighted by atomic mass is 16.8. The number of allylic oxidation sites excluding steroid dienone is 13. The first-order chi connectivity index (χ1) is 49.8. The summed E-state index contributed by atoms with van der Waals surface area (Å²) in [5.41, 5.74) is 0. The normalized spacial score (nSPS) is 26.6. The van der Waals surface area contributed by atoms with Gasteiger partial charge in [-0.25, -0.2) is 0 Å². The molecule has 592 valence electrons. The molecule has 17 unspecified atom stereocenters. The van der Waals surface area contributed by atoms with E-state index in [1.165, 1.54) is 199 Å². The van der Waals surface area contributed by atoms with E-state index in [2.05, 4.69) is 92.1 Å². The Morgan fingerprint density at radius 1 is 0.363 bits per heavy atom. The quantitative estimate of drug-likeness (QED) is 0.0199. The van der Waals surface area contributed by atoms with Crippen LogP contribution in [-0.2, 0) is 33.2 Å². The predicted molar refractivity (Wildman–Crippen MR) is 406 cm³/mol. The van der Waals surface area contributed by atoms with Gasteiger partial charge in [0.1, 0.15) is 73.2 Å². The van der Waals surface area contributed by atoms with Gasteiger partial charge in [-0.1, -0.05) is 298 Å². The van der Waals surface area contributed by atoms with Crippen LogP contribution in [0.15, 0.2) is 85.1 Å². The van der Waals surface area contributed by atoms with Gasteiger partial charge in [0.2, 0.25) is 5.91 Å². The number of unbranched alkanes of at least 4 members (excludes halogenated alkanes) is 36. The summed E-state index contributed by atoms with van der Waals surface area (Å²) in [7, 11) is 0. The van der Waals surface area contributed by atoms with Crippen LogP contribution in [0.4, 0.5) is 0 Å². The molecule has 0 radical (unpaired) electrons. The lowest BCUT2D eigenvalue weighted by molar-refractivity contribution is -0.379. The van der Waals surface area contributed by atoms with Gasteiger partial charge in [-0.3, -0.25) is 4.79 Å². The van der Waals surface area contributed by atoms with Crippen molar-refractivity contribution >= 4 is 5.91 Å². The molecule has 19 nitrogen and oxygen atoms in total. The predicted octanol–water partition coefficient (Wildman–Crippen LogP) is 13.8. The van der Waals surface area contributed by atoms with Crippen LogP contribution < -0.4 is 5.32 Å². The Labute approximate surface area is 616 Å². The maximum atomic E-state index is 13.5. The van der Waals surface area contributed by atoms with Crippen LogP contribution in [0.1, 0.15) is 303 Å². The van der Waals surface area contributed by atoms with Crippen LogP contribution in [0.3, 0.4) is 0 Å². The van der Waals surface area contributed by atoms with E-state index >= 15 is 0 Å². The average Bonchev–Trinajstić information content (AvgIpc) is 0.781. The van der Waals surface area contributed by atoms with Gasteiger partial charge in [-0.05, 0) is 83.5 Å². The third-order valence-corrected chi connectivity index (χ3v) is 19.9. The third-order valence-electron chi connectivity index (χ3n) is 19.9. The number of nitrogens with one attached hydrogen (secondary N) is 1. The van der Waals surface area contributed by atoms with Gasteiger partial charge >= 0.3 is 0 Å². The number of amides is 1. The molecule has 3 rings (SSSR count). The summed E-state index contributed by atoms with van der Waals surface area (Å²) >= 11 is 0. The second-order valence-electron chi connectivity index (χ2n) is 28.8. The van der Waals surface area contributed by atoms with E-state index in [0.29, 0.717) is 12.8 Å². The first-order valence-corrected chi connectivity index (χ1v) is 40.8. The molecule has 3 saturated heterocycles. The number of carbonyl (C=O) groups excluding carboxylic acids is 1. The molecule has 0 aromatic carbocycles. The highest BCUT2D eigenvalue weighted by Crippen LogP contribution is 2.33. The van der Waals surface area contributed by atoms with Gasteiger partial charge in [0.15, 0.2) is 18.9 Å². The molecule has 0 spiro atoms. The maximum Gasteiger partial charge on any atom is 0.220 e. The van der Waals surface area contributed by atoms with E-state index in [0.717, 1.165) is 70.6 Å². The lowest BCUT2D eigenvalue weighted by Crippen LogP contribution is -2.66. The molecule has 3 aliphatic rings. The van der Waals surface area contributed by atoms with Gasteiger partial charge in [0.05, 0.1) is 38.6 Å². The summed E-state index contributed by atoms with van der Waals surface area (Å²) in [5.74, 6) is -0.288. The zero-order valence-electron chi connectivity index (χ0n) is 63.3. The van der Waals surface area contributed by atoms with Gasteiger partial charge in [-0.15, -0.1) is 0 Å². The van der Waals surface area contributed by atoms with Gasteiger partial charge in [-0.2, -0.15) is 0 Å². The first-order valence-electron chi connectivity index (χ1n) is 40.8. The average molecular weight is 1450 g/mol. The Morgan fingerprint density at radius 2 is 0.686 bits per heavy atom. The Hall–Kier alpha value is -3.03. The molecule has 1 amide bonds. The van der Waals surface area contributed by atoms with Crippen LogP contribution in [-0.4, -0.2) is 193 Å². The van der Waals surface area contributed by atoms with Crippen LogP contribution in [0, 0.1) is 0 Å². The van der Waals surface area contributed by atoms with Crippen LogP contribution in [0.25, 0.3) is 0 Å². The van der Waals surface area contributed by atoms with Crippen molar-refractivity contribution in [1.29, 1.82) is 0 Å². The summed E-state index contributed by atoms with van der Waals surface area (Å²) in [6, 6.07) is -1.00. The summed E-state index contributed by atoms with van der Waals surface area (Å²) in [6.07, 6.45) is 57.2. The van der Waals surface area contributed by atoms with Crippen molar-refractivity contribution in [3.05, 3.63) is 85.1 Å². The van der Waals surface area contributed by atoms with Crippen molar-refractivity contribution in [3.63, 3.8) is 0 Å². The van der Waals surface area contributed by atoms with E-state index in [-0.39, 0.29) is 18.9 Å². The van der Waals surface area contributed by atoms with Crippen molar-refractivity contribution in [2.45, 2.75) is 407 Å². The summed E-state index contributed by atoms with van der Waals surface area (Å²) < 4.78 is 34.4. The number of aliphatic hydroxyl groups excluding tert-OH is 11. The van der Waals surface area contributed by atoms with Crippen LogP contribution >= 0.6 is 0 Å². The lowest BCUT2D eigenvalue weighted by atomic mass is 9.96. The molecule has 0 aromatic heterocycles. The van der Waals surface area contributed by atoms with E-state index in [1.807, 2.05) is 6.08 Å². The van der Waals surface area contributed by atoms with E-state index in [4.69, 9.17) is 28.4 Å². The smallest absolute Gasteiger partial charge is 0.220 e. The lowest BCUT2D eigenvalue weighted by Gasteiger charge is -2.48. The molecule has 0 saturated carbocycles. The monoisotopic (exact) mass is 1450 g/mol. The van der Waals surface area contributed by atoms with Crippen molar-refractivity contribution in [3.8, 4) is 0 Å². The molecular weight excluding hydrogens is 1300 g/mol. The number of carbonyl (C=O) groups is 1. The Morgan fingerprint density at radius 3 is 1.10 bits per heavy atom. The minimum Gasteiger partial charge on any atom is -0.394 e. The third kappa shape index (κ3) is 42.5. The van der Waals surface area contributed by atoms with E-state index in [1.54, 1.807) is 6.08 Å². The zero-order valence-corrected chi connectivity index (χ0v) is 63.3. The van der Waals surface area contributed by atoms with Crippen molar-refractivity contribution in [2.24, 2.45) is 0 Å². The molecule has 3 fully saturated rings. The first kappa shape index (κ1) is 93.2. The number of hydrogen-bond acceptors (Lipinski definition) is 18. The number of aliphatic hydroxyl groups is 11. The fourth-order valence-electron chi connectivity index (χ4n) is 13.4. The van der Waals surface area contributed by atoms with Gasteiger partial charge in [0.25, 0.3) is 0 Å². The Kier molecular flexibility index (Phi) is 57.5. The summed E-state index contributed by atoms with van der Waals surface area (Å²) in [4.78, 5) is 13.5. The maximum absolute atomic E-state index is 13.5. The minimum atomic E-state index is -1.99. The highest BCUT2D eigenvalue weighted by Gasteiger charge is 2.54. The SMILES string of the molecule is CC/C=C\C/C=C\C/C=C\C/C=C\CCCCCCCCCCCCCCCCCCCCC(=O)NC(COC1OC(CO)C(OC2OC(CO)C(OC3OC(CO)C(O)C(O)C3O)C(O)C2O)C(O)C1O)C(O)/C=C/CC/C=C/CC/C=C/CCCCCCCCCCCCCCCCCC. The number of ether oxygens (including phenoxy) is 6. The topological polar surface area (TPSA) is 307 Å². The van der Waals surface area contributed by atoms with Gasteiger partial charge < -0.3 is 89.9 Å². The second kappa shape index (κ2) is 63.0. The van der Waals surface area contributed by atoms with Crippen LogP contribution in [0.2, 0.25) is 0 Å². The zero-order chi connectivity index (χ0) is 73.9. The van der Waals surface area contributed by atoms with Crippen LogP contribution in [0.5, 0.6) is 0 Å². The Balaban J connectivity index is 1.38. The molecule has 17 atom stereocenters. The molecule has 0 aliphatic carbocycles.